The lowest BCUT2D eigenvalue weighted by Gasteiger charge is -2.29. The van der Waals surface area contributed by atoms with Crippen molar-refractivity contribution in [3.8, 4) is 0 Å². The Labute approximate surface area is 187 Å². The van der Waals surface area contributed by atoms with Gasteiger partial charge in [0, 0.05) is 22.7 Å². The van der Waals surface area contributed by atoms with Gasteiger partial charge in [0.25, 0.3) is 0 Å². The topological polar surface area (TPSA) is 38.7 Å². The Hall–Kier alpha value is -2.36. The number of hydrogen-bond donors (Lipinski definition) is 0. The zero-order valence-corrected chi connectivity index (χ0v) is 19.1. The van der Waals surface area contributed by atoms with Crippen molar-refractivity contribution in [1.82, 2.24) is 0 Å². The van der Waals surface area contributed by atoms with Crippen LogP contribution in [0.15, 0.2) is 65.7 Å². The van der Waals surface area contributed by atoms with E-state index in [-0.39, 0.29) is 0 Å². The molecule has 5 heteroatoms. The first-order chi connectivity index (χ1) is 14.1. The Morgan fingerprint density at radius 2 is 1.67 bits per heavy atom. The monoisotopic (exact) mass is 441 g/mol. The summed E-state index contributed by atoms with van der Waals surface area (Å²) in [5.41, 5.74) is -0.0763. The van der Waals surface area contributed by atoms with Gasteiger partial charge in [0.1, 0.15) is 5.60 Å². The zero-order chi connectivity index (χ0) is 21.9. The van der Waals surface area contributed by atoms with Crippen LogP contribution in [0.5, 0.6) is 0 Å². The highest BCUT2D eigenvalue weighted by Crippen LogP contribution is 2.29. The van der Waals surface area contributed by atoms with Gasteiger partial charge < -0.3 is 4.74 Å². The van der Waals surface area contributed by atoms with Gasteiger partial charge in [0.15, 0.2) is 5.54 Å². The highest BCUT2D eigenvalue weighted by Gasteiger charge is 2.37. The van der Waals surface area contributed by atoms with Gasteiger partial charge in [-0.05, 0) is 67.8 Å². The SMILES string of the molecule is CC(C)(C)OC(=O)[C@](C)(Cc1ccc(Cl)cc1Cl)N=Cc1ccc2ccccc2c1. The van der Waals surface area contributed by atoms with Crippen molar-refractivity contribution in [2.24, 2.45) is 4.99 Å². The molecule has 0 spiro atoms. The fourth-order valence-electron chi connectivity index (χ4n) is 3.10. The van der Waals surface area contributed by atoms with Gasteiger partial charge in [-0.25, -0.2) is 4.79 Å². The van der Waals surface area contributed by atoms with E-state index in [2.05, 4.69) is 11.1 Å². The first kappa shape index (κ1) is 22.3. The quantitative estimate of drug-likeness (QED) is 0.318. The number of esters is 1. The third-order valence-electron chi connectivity index (χ3n) is 4.66. The maximum absolute atomic E-state index is 13.1. The molecule has 3 rings (SSSR count). The highest BCUT2D eigenvalue weighted by molar-refractivity contribution is 6.35. The largest absolute Gasteiger partial charge is 0.458 e. The molecule has 0 aliphatic carbocycles. The molecule has 0 fully saturated rings. The van der Waals surface area contributed by atoms with Gasteiger partial charge in [-0.1, -0.05) is 65.7 Å². The van der Waals surface area contributed by atoms with Gasteiger partial charge in [-0.15, -0.1) is 0 Å². The molecule has 1 atom stereocenters. The summed E-state index contributed by atoms with van der Waals surface area (Å²) in [6.07, 6.45) is 2.02. The summed E-state index contributed by atoms with van der Waals surface area (Å²) in [6.45, 7) is 7.29. The lowest BCUT2D eigenvalue weighted by atomic mass is 9.93. The molecule has 0 saturated heterocycles. The molecule has 0 saturated carbocycles. The molecule has 30 heavy (non-hydrogen) atoms. The van der Waals surface area contributed by atoms with Crippen molar-refractivity contribution in [2.45, 2.75) is 45.3 Å². The number of fused-ring (bicyclic) bond motifs is 1. The fraction of sp³-hybridized carbons (Fsp3) is 0.280. The van der Waals surface area contributed by atoms with E-state index in [0.717, 1.165) is 21.9 Å². The van der Waals surface area contributed by atoms with Crippen LogP contribution in [0.1, 0.15) is 38.8 Å². The number of hydrogen-bond acceptors (Lipinski definition) is 3. The van der Waals surface area contributed by atoms with Gasteiger partial charge in [-0.2, -0.15) is 0 Å². The lowest BCUT2D eigenvalue weighted by Crippen LogP contribution is -2.41. The van der Waals surface area contributed by atoms with Crippen LogP contribution in [0.25, 0.3) is 10.8 Å². The second-order valence-electron chi connectivity index (χ2n) is 8.55. The average molecular weight is 442 g/mol. The van der Waals surface area contributed by atoms with Crippen molar-refractivity contribution in [1.29, 1.82) is 0 Å². The van der Waals surface area contributed by atoms with Crippen LogP contribution < -0.4 is 0 Å². The van der Waals surface area contributed by atoms with Crippen LogP contribution in [0.4, 0.5) is 0 Å². The molecule has 0 bridgehead atoms. The van der Waals surface area contributed by atoms with Crippen molar-refractivity contribution in [3.63, 3.8) is 0 Å². The maximum atomic E-state index is 13.1. The minimum atomic E-state index is -1.14. The molecule has 3 aromatic rings. The van der Waals surface area contributed by atoms with E-state index in [1.165, 1.54) is 0 Å². The summed E-state index contributed by atoms with van der Waals surface area (Å²) in [5, 5.41) is 3.30. The zero-order valence-electron chi connectivity index (χ0n) is 17.6. The van der Waals surface area contributed by atoms with E-state index in [1.54, 1.807) is 25.3 Å². The van der Waals surface area contributed by atoms with E-state index in [1.807, 2.05) is 63.2 Å². The predicted molar refractivity (Wildman–Crippen MR) is 126 cm³/mol. The minimum absolute atomic E-state index is 0.294. The van der Waals surface area contributed by atoms with Gasteiger partial charge in [0.05, 0.1) is 0 Å². The first-order valence-electron chi connectivity index (χ1n) is 9.77. The molecule has 0 aliphatic heterocycles. The number of nitrogens with zero attached hydrogens (tertiary/aromatic N) is 1. The maximum Gasteiger partial charge on any atom is 0.334 e. The average Bonchev–Trinajstić information content (AvgIpc) is 2.67. The third-order valence-corrected chi connectivity index (χ3v) is 5.25. The van der Waals surface area contributed by atoms with Crippen molar-refractivity contribution in [2.75, 3.05) is 0 Å². The Morgan fingerprint density at radius 1 is 0.967 bits per heavy atom. The van der Waals surface area contributed by atoms with Gasteiger partial charge in [-0.3, -0.25) is 4.99 Å². The van der Waals surface area contributed by atoms with Crippen LogP contribution >= 0.6 is 23.2 Å². The highest BCUT2D eigenvalue weighted by atomic mass is 35.5. The molecular weight excluding hydrogens is 417 g/mol. The lowest BCUT2D eigenvalue weighted by molar-refractivity contribution is -0.160. The summed E-state index contributed by atoms with van der Waals surface area (Å²) >= 11 is 12.4. The number of rotatable bonds is 5. The molecule has 0 unspecified atom stereocenters. The van der Waals surface area contributed by atoms with Crippen LogP contribution in [-0.2, 0) is 16.0 Å². The molecule has 0 radical (unpaired) electrons. The number of benzene rings is 3. The normalized spacial score (nSPS) is 14.1. The molecule has 3 aromatic carbocycles. The number of carbonyl (C=O) groups is 1. The van der Waals surface area contributed by atoms with E-state index >= 15 is 0 Å². The molecule has 0 aromatic heterocycles. The van der Waals surface area contributed by atoms with Crippen molar-refractivity contribution in [3.05, 3.63) is 81.8 Å². The molecule has 0 aliphatic rings. The number of halogens is 2. The Bertz CT molecular complexity index is 1100. The predicted octanol–water partition coefficient (Wildman–Crippen LogP) is 6.91. The summed E-state index contributed by atoms with van der Waals surface area (Å²) in [7, 11) is 0. The number of aliphatic imine (C=N–C) groups is 1. The summed E-state index contributed by atoms with van der Waals surface area (Å²) < 4.78 is 5.68. The van der Waals surface area contributed by atoms with E-state index in [0.29, 0.717) is 16.5 Å². The smallest absolute Gasteiger partial charge is 0.334 e. The van der Waals surface area contributed by atoms with Crippen molar-refractivity contribution >= 4 is 46.2 Å². The minimum Gasteiger partial charge on any atom is -0.458 e. The summed E-state index contributed by atoms with van der Waals surface area (Å²) in [5.74, 6) is -0.405. The summed E-state index contributed by atoms with van der Waals surface area (Å²) in [6, 6.07) is 19.4. The van der Waals surface area contributed by atoms with E-state index < -0.39 is 17.1 Å². The molecule has 0 heterocycles. The second kappa shape index (κ2) is 8.79. The standard InChI is InChI=1S/C25H25Cl2NO2/c1-24(2,3)30-23(29)25(4,15-20-11-12-21(26)14-22(20)27)28-16-17-9-10-18-7-5-6-8-19(18)13-17/h5-14,16H,15H2,1-4H3/t25-/m0/s1. The molecule has 0 amide bonds. The Kier molecular flexibility index (Phi) is 6.54. The van der Waals surface area contributed by atoms with Crippen LogP contribution in [-0.4, -0.2) is 23.3 Å². The van der Waals surface area contributed by atoms with E-state index in [9.17, 15) is 4.79 Å². The molecule has 156 valence electrons. The fourth-order valence-corrected chi connectivity index (χ4v) is 3.57. The van der Waals surface area contributed by atoms with E-state index in [4.69, 9.17) is 27.9 Å². The second-order valence-corrected chi connectivity index (χ2v) is 9.40. The Morgan fingerprint density at radius 3 is 2.33 bits per heavy atom. The molecule has 0 N–H and O–H groups in total. The summed E-state index contributed by atoms with van der Waals surface area (Å²) in [4.78, 5) is 17.8. The number of ether oxygens (including phenoxy) is 1. The van der Waals surface area contributed by atoms with Crippen LogP contribution in [0.2, 0.25) is 10.0 Å². The van der Waals surface area contributed by atoms with Gasteiger partial charge >= 0.3 is 5.97 Å². The van der Waals surface area contributed by atoms with Crippen molar-refractivity contribution < 1.29 is 9.53 Å². The van der Waals surface area contributed by atoms with Crippen LogP contribution in [0, 0.1) is 0 Å². The first-order valence-corrected chi connectivity index (χ1v) is 10.5. The third kappa shape index (κ3) is 5.62. The number of carbonyl (C=O) groups excluding carboxylic acids is 1. The molecule has 3 nitrogen and oxygen atoms in total. The Balaban J connectivity index is 1.96. The van der Waals surface area contributed by atoms with Gasteiger partial charge in [0.2, 0.25) is 0 Å². The van der Waals surface area contributed by atoms with Crippen LogP contribution in [0.3, 0.4) is 0 Å². The molecular formula is C25H25Cl2NO2.